The molecule has 182 valence electrons. The van der Waals surface area contributed by atoms with Crippen LogP contribution in [0, 0.1) is 0 Å². The molecule has 1 unspecified atom stereocenters. The molecule has 1 aromatic carbocycles. The SMILES string of the molecule is CCN(C(=O)[O-])C1C[C@H](C)[N@+](C)(C(C)=O)c2ccc(-c3ccc(CN4CCCCC4)nc3)cc21. The van der Waals surface area contributed by atoms with Crippen LogP contribution >= 0.6 is 0 Å². The van der Waals surface area contributed by atoms with Crippen molar-refractivity contribution in [2.45, 2.75) is 65.1 Å². The molecule has 7 nitrogen and oxygen atoms in total. The van der Waals surface area contributed by atoms with E-state index >= 15 is 0 Å². The summed E-state index contributed by atoms with van der Waals surface area (Å²) in [6.45, 7) is 8.91. The van der Waals surface area contributed by atoms with Crippen molar-refractivity contribution in [3.8, 4) is 11.1 Å². The molecular formula is C27H36N4O3. The van der Waals surface area contributed by atoms with Gasteiger partial charge in [-0.05, 0) is 63.5 Å². The summed E-state index contributed by atoms with van der Waals surface area (Å²) in [5.74, 6) is 0.0418. The van der Waals surface area contributed by atoms with Crippen LogP contribution in [0.4, 0.5) is 10.5 Å². The molecule has 2 aliphatic heterocycles. The Hall–Kier alpha value is -2.77. The van der Waals surface area contributed by atoms with Crippen LogP contribution in [0.25, 0.3) is 11.1 Å². The Kier molecular flexibility index (Phi) is 7.05. The number of benzene rings is 1. The summed E-state index contributed by atoms with van der Waals surface area (Å²) in [4.78, 5) is 33.2. The molecule has 0 saturated carbocycles. The smallest absolute Gasteiger partial charge is 0.315 e. The maximum absolute atomic E-state index is 12.7. The quantitative estimate of drug-likeness (QED) is 0.631. The Morgan fingerprint density at radius 1 is 1.15 bits per heavy atom. The largest absolute Gasteiger partial charge is 0.530 e. The van der Waals surface area contributed by atoms with Gasteiger partial charge in [0.05, 0.1) is 31.7 Å². The second-order valence-electron chi connectivity index (χ2n) is 9.90. The second-order valence-corrected chi connectivity index (χ2v) is 9.90. The number of hydrogen-bond donors (Lipinski definition) is 0. The number of carbonyl (C=O) groups is 2. The van der Waals surface area contributed by atoms with E-state index in [0.29, 0.717) is 13.0 Å². The van der Waals surface area contributed by atoms with Crippen molar-refractivity contribution in [2.24, 2.45) is 0 Å². The summed E-state index contributed by atoms with van der Waals surface area (Å²) in [5.41, 5.74) is 4.74. The number of fused-ring (bicyclic) bond motifs is 1. The number of hydrogen-bond acceptors (Lipinski definition) is 5. The highest BCUT2D eigenvalue weighted by Gasteiger charge is 2.47. The predicted octanol–water partition coefficient (Wildman–Crippen LogP) is 3.72. The van der Waals surface area contributed by atoms with Gasteiger partial charge in [0.15, 0.2) is 0 Å². The summed E-state index contributed by atoms with van der Waals surface area (Å²) in [6.07, 6.45) is 5.10. The maximum atomic E-state index is 12.7. The highest BCUT2D eigenvalue weighted by molar-refractivity contribution is 5.89. The van der Waals surface area contributed by atoms with Crippen molar-refractivity contribution < 1.29 is 14.7 Å². The highest BCUT2D eigenvalue weighted by Crippen LogP contribution is 2.45. The number of nitrogens with zero attached hydrogens (tertiary/aromatic N) is 4. The maximum Gasteiger partial charge on any atom is 0.315 e. The first kappa shape index (κ1) is 24.4. The van der Waals surface area contributed by atoms with E-state index in [9.17, 15) is 14.7 Å². The molecule has 0 aliphatic carbocycles. The zero-order valence-electron chi connectivity index (χ0n) is 20.8. The van der Waals surface area contributed by atoms with E-state index in [1.807, 2.05) is 45.3 Å². The summed E-state index contributed by atoms with van der Waals surface area (Å²) in [5, 5.41) is 11.9. The van der Waals surface area contributed by atoms with E-state index < -0.39 is 6.09 Å². The lowest BCUT2D eigenvalue weighted by atomic mass is 9.86. The second kappa shape index (κ2) is 9.84. The van der Waals surface area contributed by atoms with Crippen molar-refractivity contribution >= 4 is 17.7 Å². The summed E-state index contributed by atoms with van der Waals surface area (Å²) in [6, 6.07) is 9.81. The number of likely N-dealkylation sites (tertiary alicyclic amines) is 1. The number of carbonyl (C=O) groups excluding carboxylic acids is 2. The van der Waals surface area contributed by atoms with Crippen LogP contribution in [-0.4, -0.2) is 59.5 Å². The number of amides is 2. The van der Waals surface area contributed by atoms with Crippen molar-refractivity contribution in [2.75, 3.05) is 26.7 Å². The number of piperidine rings is 1. The van der Waals surface area contributed by atoms with Gasteiger partial charge in [0.1, 0.15) is 11.8 Å². The molecule has 2 aromatic rings. The van der Waals surface area contributed by atoms with E-state index in [1.54, 1.807) is 6.92 Å². The molecule has 2 aliphatic rings. The van der Waals surface area contributed by atoms with Crippen LogP contribution in [-0.2, 0) is 11.3 Å². The van der Waals surface area contributed by atoms with E-state index in [0.717, 1.165) is 47.7 Å². The van der Waals surface area contributed by atoms with Crippen LogP contribution < -0.4 is 9.59 Å². The first-order valence-corrected chi connectivity index (χ1v) is 12.4. The predicted molar refractivity (Wildman–Crippen MR) is 132 cm³/mol. The molecule has 4 rings (SSSR count). The lowest BCUT2D eigenvalue weighted by molar-refractivity contribution is -0.268. The molecule has 0 spiro atoms. The van der Waals surface area contributed by atoms with Gasteiger partial charge >= 0.3 is 5.91 Å². The van der Waals surface area contributed by atoms with Gasteiger partial charge in [-0.15, -0.1) is 0 Å². The first-order valence-electron chi connectivity index (χ1n) is 12.4. The van der Waals surface area contributed by atoms with Crippen LogP contribution in [0.15, 0.2) is 36.5 Å². The summed E-state index contributed by atoms with van der Waals surface area (Å²) < 4.78 is 0.156. The van der Waals surface area contributed by atoms with Gasteiger partial charge in [0, 0.05) is 42.9 Å². The number of quaternary nitrogens is 1. The molecule has 7 heteroatoms. The molecule has 1 saturated heterocycles. The minimum atomic E-state index is -1.18. The molecule has 1 aromatic heterocycles. The lowest BCUT2D eigenvalue weighted by Crippen LogP contribution is -2.60. The Morgan fingerprint density at radius 3 is 2.44 bits per heavy atom. The lowest BCUT2D eigenvalue weighted by Gasteiger charge is -2.47. The van der Waals surface area contributed by atoms with Crippen LogP contribution in [0.3, 0.4) is 0 Å². The van der Waals surface area contributed by atoms with Crippen molar-refractivity contribution in [3.63, 3.8) is 0 Å². The number of rotatable bonds is 5. The van der Waals surface area contributed by atoms with E-state index in [-0.39, 0.29) is 22.5 Å². The van der Waals surface area contributed by atoms with Crippen molar-refractivity contribution in [3.05, 3.63) is 47.8 Å². The molecule has 3 atom stereocenters. The third-order valence-corrected chi connectivity index (χ3v) is 7.93. The van der Waals surface area contributed by atoms with Gasteiger partial charge in [-0.3, -0.25) is 9.88 Å². The Bertz CT molecular complexity index is 1050. The van der Waals surface area contributed by atoms with E-state index in [4.69, 9.17) is 4.98 Å². The van der Waals surface area contributed by atoms with Crippen molar-refractivity contribution in [1.29, 1.82) is 0 Å². The van der Waals surface area contributed by atoms with Crippen LogP contribution in [0.1, 0.15) is 63.8 Å². The molecule has 0 N–H and O–H groups in total. The molecule has 0 radical (unpaired) electrons. The van der Waals surface area contributed by atoms with Gasteiger partial charge in [0.25, 0.3) is 0 Å². The molecule has 2 amide bonds. The average Bonchev–Trinajstić information content (AvgIpc) is 2.83. The van der Waals surface area contributed by atoms with E-state index in [2.05, 4.69) is 17.0 Å². The Morgan fingerprint density at radius 2 is 1.85 bits per heavy atom. The fraction of sp³-hybridized carbons (Fsp3) is 0.519. The Balaban J connectivity index is 1.69. The first-order chi connectivity index (χ1) is 16.3. The van der Waals surface area contributed by atoms with Crippen LogP contribution in [0.2, 0.25) is 0 Å². The molecule has 1 fully saturated rings. The third kappa shape index (κ3) is 4.46. The van der Waals surface area contributed by atoms with Crippen molar-refractivity contribution in [1.82, 2.24) is 19.3 Å². The van der Waals surface area contributed by atoms with Gasteiger partial charge in [-0.1, -0.05) is 12.5 Å². The summed E-state index contributed by atoms with van der Waals surface area (Å²) >= 11 is 0. The molecule has 3 heterocycles. The average molecular weight is 465 g/mol. The van der Waals surface area contributed by atoms with Crippen LogP contribution in [0.5, 0.6) is 0 Å². The zero-order chi connectivity index (χ0) is 24.5. The van der Waals surface area contributed by atoms with Gasteiger partial charge < -0.3 is 14.8 Å². The number of aromatic nitrogens is 1. The fourth-order valence-electron chi connectivity index (χ4n) is 5.61. The topological polar surface area (TPSA) is 76.6 Å². The van der Waals surface area contributed by atoms with E-state index in [1.165, 1.54) is 24.2 Å². The highest BCUT2D eigenvalue weighted by atomic mass is 16.4. The molecule has 34 heavy (non-hydrogen) atoms. The van der Waals surface area contributed by atoms with Gasteiger partial charge in [0.2, 0.25) is 0 Å². The molecule has 0 bridgehead atoms. The minimum Gasteiger partial charge on any atom is -0.530 e. The fourth-order valence-corrected chi connectivity index (χ4v) is 5.61. The minimum absolute atomic E-state index is 0.0418. The zero-order valence-corrected chi connectivity index (χ0v) is 20.8. The molecular weight excluding hydrogens is 428 g/mol. The Labute approximate surface area is 202 Å². The monoisotopic (exact) mass is 464 g/mol. The number of carboxylic acid groups (broad SMARTS) is 1. The number of pyridine rings is 1. The third-order valence-electron chi connectivity index (χ3n) is 7.93. The standard InChI is InChI=1S/C27H36N4O3/c1-5-30(27(33)34)25-15-19(2)31(4,20(3)32)26-12-10-21(16-24(25)26)22-9-11-23(28-17-22)18-29-13-7-6-8-14-29/h9-12,16-17,19,25H,5-8,13-15,18H2,1-4H3/t19-,25?,31+/m0/s1. The summed E-state index contributed by atoms with van der Waals surface area (Å²) in [7, 11) is 1.92. The normalized spacial score (nSPS) is 24.9. The van der Waals surface area contributed by atoms with Gasteiger partial charge in [-0.2, -0.15) is 0 Å². The van der Waals surface area contributed by atoms with Gasteiger partial charge in [-0.25, -0.2) is 9.28 Å².